The molecule has 2 aliphatic rings. The lowest BCUT2D eigenvalue weighted by Crippen LogP contribution is -2.38. The highest BCUT2D eigenvalue weighted by atomic mass is 127. The van der Waals surface area contributed by atoms with Crippen molar-refractivity contribution in [3.8, 4) is 11.5 Å². The molecule has 3 rings (SSSR count). The average molecular weight is 546 g/mol. The first-order valence-electron chi connectivity index (χ1n) is 11.4. The second-order valence-electron chi connectivity index (χ2n) is 7.99. The molecular formula is C23H39IN4O3. The number of guanidine groups is 1. The van der Waals surface area contributed by atoms with Crippen molar-refractivity contribution in [1.29, 1.82) is 0 Å². The van der Waals surface area contributed by atoms with E-state index in [1.807, 2.05) is 19.2 Å². The smallest absolute Gasteiger partial charge is 0.191 e. The van der Waals surface area contributed by atoms with E-state index in [0.29, 0.717) is 12.6 Å². The van der Waals surface area contributed by atoms with Crippen LogP contribution >= 0.6 is 24.0 Å². The first-order chi connectivity index (χ1) is 14.8. The Bertz CT molecular complexity index is 662. The molecule has 0 radical (unpaired) electrons. The summed E-state index contributed by atoms with van der Waals surface area (Å²) in [4.78, 5) is 6.84. The average Bonchev–Trinajstić information content (AvgIpc) is 3.30. The fourth-order valence-corrected chi connectivity index (χ4v) is 4.06. The Morgan fingerprint density at radius 1 is 1.16 bits per heavy atom. The molecule has 7 nitrogen and oxygen atoms in total. The van der Waals surface area contributed by atoms with Gasteiger partial charge in [-0.05, 0) is 51.1 Å². The van der Waals surface area contributed by atoms with E-state index >= 15 is 0 Å². The molecule has 0 bridgehead atoms. The number of ether oxygens (including phenoxy) is 3. The summed E-state index contributed by atoms with van der Waals surface area (Å²) >= 11 is 0. The van der Waals surface area contributed by atoms with Crippen molar-refractivity contribution in [3.05, 3.63) is 23.8 Å². The van der Waals surface area contributed by atoms with Crippen molar-refractivity contribution in [2.45, 2.75) is 51.2 Å². The second kappa shape index (κ2) is 14.7. The molecule has 2 fully saturated rings. The number of morpholine rings is 1. The summed E-state index contributed by atoms with van der Waals surface area (Å²) in [6.07, 6.45) is 7.33. The maximum atomic E-state index is 6.33. The summed E-state index contributed by atoms with van der Waals surface area (Å²) in [6.45, 7) is 6.55. The van der Waals surface area contributed by atoms with Gasteiger partial charge in [0.25, 0.3) is 0 Å². The number of para-hydroxylation sites is 1. The van der Waals surface area contributed by atoms with Crippen LogP contribution in [0.15, 0.2) is 23.2 Å². The molecule has 1 aromatic rings. The van der Waals surface area contributed by atoms with Crippen LogP contribution in [0.25, 0.3) is 0 Å². The van der Waals surface area contributed by atoms with Gasteiger partial charge in [0.1, 0.15) is 0 Å². The predicted octanol–water partition coefficient (Wildman–Crippen LogP) is 3.41. The van der Waals surface area contributed by atoms with E-state index in [4.69, 9.17) is 14.2 Å². The quantitative estimate of drug-likeness (QED) is 0.203. The maximum absolute atomic E-state index is 6.33. The van der Waals surface area contributed by atoms with Crippen molar-refractivity contribution in [2.75, 3.05) is 53.6 Å². The number of methoxy groups -OCH3 is 1. The van der Waals surface area contributed by atoms with Crippen LogP contribution in [-0.2, 0) is 11.3 Å². The minimum absolute atomic E-state index is 0. The van der Waals surface area contributed by atoms with Gasteiger partial charge in [0.05, 0.1) is 26.4 Å². The number of aliphatic imine (C=N–C) groups is 1. The standard InChI is InChI=1S/C23H38N4O3.HI/c1-24-23(25-12-5-6-13-27-14-16-29-17-15-27)26-18-19-8-7-11-21(28-2)22(19)30-20-9-3-4-10-20;/h7-8,11,20H,3-6,9-10,12-18H2,1-2H3,(H2,24,25,26);1H. The molecule has 1 saturated heterocycles. The minimum Gasteiger partial charge on any atom is -0.493 e. The van der Waals surface area contributed by atoms with E-state index in [-0.39, 0.29) is 24.0 Å². The Balaban J connectivity index is 0.00000341. The number of hydrogen-bond acceptors (Lipinski definition) is 5. The highest BCUT2D eigenvalue weighted by molar-refractivity contribution is 14.0. The third kappa shape index (κ3) is 8.65. The van der Waals surface area contributed by atoms with Crippen LogP contribution in [-0.4, -0.2) is 70.5 Å². The summed E-state index contributed by atoms with van der Waals surface area (Å²) in [5.74, 6) is 2.48. The van der Waals surface area contributed by atoms with Gasteiger partial charge in [0, 0.05) is 38.8 Å². The van der Waals surface area contributed by atoms with Crippen LogP contribution in [0, 0.1) is 0 Å². The normalized spacial score (nSPS) is 17.8. The molecule has 1 aliphatic heterocycles. The number of rotatable bonds is 10. The fraction of sp³-hybridized carbons (Fsp3) is 0.696. The van der Waals surface area contributed by atoms with Gasteiger partial charge < -0.3 is 24.8 Å². The number of nitrogens with one attached hydrogen (secondary N) is 2. The fourth-order valence-electron chi connectivity index (χ4n) is 4.06. The molecule has 8 heteroatoms. The summed E-state index contributed by atoms with van der Waals surface area (Å²) in [5, 5.41) is 6.84. The van der Waals surface area contributed by atoms with Crippen molar-refractivity contribution in [1.82, 2.24) is 15.5 Å². The van der Waals surface area contributed by atoms with E-state index < -0.39 is 0 Å². The molecule has 0 atom stereocenters. The molecule has 31 heavy (non-hydrogen) atoms. The number of hydrogen-bond donors (Lipinski definition) is 2. The predicted molar refractivity (Wildman–Crippen MR) is 136 cm³/mol. The Hall–Kier alpha value is -1.26. The zero-order valence-electron chi connectivity index (χ0n) is 19.0. The first kappa shape index (κ1) is 26.0. The second-order valence-corrected chi connectivity index (χ2v) is 7.99. The van der Waals surface area contributed by atoms with Crippen LogP contribution in [0.1, 0.15) is 44.1 Å². The molecule has 1 aromatic carbocycles. The number of unbranched alkanes of at least 4 members (excludes halogenated alkanes) is 1. The van der Waals surface area contributed by atoms with Crippen molar-refractivity contribution in [2.24, 2.45) is 4.99 Å². The summed E-state index contributed by atoms with van der Waals surface area (Å²) < 4.78 is 17.3. The van der Waals surface area contributed by atoms with Crippen LogP contribution in [0.3, 0.4) is 0 Å². The van der Waals surface area contributed by atoms with Gasteiger partial charge in [-0.15, -0.1) is 24.0 Å². The van der Waals surface area contributed by atoms with Gasteiger partial charge in [-0.3, -0.25) is 9.89 Å². The van der Waals surface area contributed by atoms with Gasteiger partial charge >= 0.3 is 0 Å². The monoisotopic (exact) mass is 546 g/mol. The SMILES string of the molecule is CN=C(NCCCCN1CCOCC1)NCc1cccc(OC)c1OC1CCCC1.I. The highest BCUT2D eigenvalue weighted by Gasteiger charge is 2.20. The van der Waals surface area contributed by atoms with E-state index in [1.54, 1.807) is 7.11 Å². The molecule has 1 heterocycles. The molecule has 0 unspecified atom stereocenters. The van der Waals surface area contributed by atoms with Crippen molar-refractivity contribution < 1.29 is 14.2 Å². The summed E-state index contributed by atoms with van der Waals surface area (Å²) in [6, 6.07) is 6.07. The largest absolute Gasteiger partial charge is 0.493 e. The molecule has 1 aliphatic carbocycles. The molecule has 1 saturated carbocycles. The number of halogens is 1. The van der Waals surface area contributed by atoms with E-state index in [9.17, 15) is 0 Å². The van der Waals surface area contributed by atoms with E-state index in [1.165, 1.54) is 19.3 Å². The Kier molecular flexibility index (Phi) is 12.4. The zero-order valence-corrected chi connectivity index (χ0v) is 21.4. The number of nitrogens with zero attached hydrogens (tertiary/aromatic N) is 2. The topological polar surface area (TPSA) is 67.4 Å². The Morgan fingerprint density at radius 2 is 1.94 bits per heavy atom. The van der Waals surface area contributed by atoms with Gasteiger partial charge in [-0.25, -0.2) is 0 Å². The van der Waals surface area contributed by atoms with E-state index in [2.05, 4.69) is 26.6 Å². The van der Waals surface area contributed by atoms with Gasteiger partial charge in [0.2, 0.25) is 0 Å². The van der Waals surface area contributed by atoms with Crippen LogP contribution in [0.5, 0.6) is 11.5 Å². The molecule has 0 aromatic heterocycles. The summed E-state index contributed by atoms with van der Waals surface area (Å²) in [7, 11) is 3.51. The van der Waals surface area contributed by atoms with Crippen LogP contribution in [0.4, 0.5) is 0 Å². The number of benzene rings is 1. The lowest BCUT2D eigenvalue weighted by atomic mass is 10.1. The van der Waals surface area contributed by atoms with Crippen LogP contribution < -0.4 is 20.1 Å². The van der Waals surface area contributed by atoms with Gasteiger partial charge in [-0.2, -0.15) is 0 Å². The Morgan fingerprint density at radius 3 is 2.65 bits per heavy atom. The maximum Gasteiger partial charge on any atom is 0.191 e. The van der Waals surface area contributed by atoms with Gasteiger partial charge in [0.15, 0.2) is 17.5 Å². The third-order valence-electron chi connectivity index (χ3n) is 5.83. The molecule has 0 spiro atoms. The summed E-state index contributed by atoms with van der Waals surface area (Å²) in [5.41, 5.74) is 1.09. The zero-order chi connectivity index (χ0) is 21.0. The Labute approximate surface area is 204 Å². The van der Waals surface area contributed by atoms with Crippen molar-refractivity contribution >= 4 is 29.9 Å². The molecule has 2 N–H and O–H groups in total. The molecular weight excluding hydrogens is 507 g/mol. The molecule has 0 amide bonds. The van der Waals surface area contributed by atoms with E-state index in [0.717, 1.165) is 81.7 Å². The van der Waals surface area contributed by atoms with Crippen molar-refractivity contribution in [3.63, 3.8) is 0 Å². The third-order valence-corrected chi connectivity index (χ3v) is 5.83. The lowest BCUT2D eigenvalue weighted by Gasteiger charge is -2.26. The van der Waals surface area contributed by atoms with Crippen LogP contribution in [0.2, 0.25) is 0 Å². The lowest BCUT2D eigenvalue weighted by molar-refractivity contribution is 0.0372. The van der Waals surface area contributed by atoms with Gasteiger partial charge in [-0.1, -0.05) is 12.1 Å². The first-order valence-corrected chi connectivity index (χ1v) is 11.4. The highest BCUT2D eigenvalue weighted by Crippen LogP contribution is 2.34. The minimum atomic E-state index is 0. The molecule has 176 valence electrons.